The van der Waals surface area contributed by atoms with Crippen molar-refractivity contribution in [3.05, 3.63) is 40.6 Å². The van der Waals surface area contributed by atoms with Gasteiger partial charge in [0.1, 0.15) is 22.3 Å². The molecule has 0 fully saturated rings. The van der Waals surface area contributed by atoms with Gasteiger partial charge in [-0.2, -0.15) is 10.1 Å². The first kappa shape index (κ1) is 16.5. The summed E-state index contributed by atoms with van der Waals surface area (Å²) in [4.78, 5) is 14.4. The number of hydrogen-bond acceptors (Lipinski definition) is 8. The SMILES string of the molecule is CC(O)(C#Cc1cc2n(n1)CCCN2c1ccnc(N)n1)c1nccs1. The van der Waals surface area contributed by atoms with E-state index in [1.54, 1.807) is 19.3 Å². The Morgan fingerprint density at radius 3 is 2.96 bits per heavy atom. The standard InChI is InChI=1S/C17H17N7OS/c1-17(25,15-19-7-10-26-15)5-3-12-11-14-23(8-2-9-24(14)22-12)13-4-6-20-16(18)21-13/h4,6-7,10-11,25H,2,8-9H2,1H3,(H2,18,20,21). The summed E-state index contributed by atoms with van der Waals surface area (Å²) in [5.74, 6) is 7.69. The molecule has 8 nitrogen and oxygen atoms in total. The van der Waals surface area contributed by atoms with Crippen molar-refractivity contribution in [2.24, 2.45) is 0 Å². The second-order valence-corrected chi connectivity index (χ2v) is 6.94. The van der Waals surface area contributed by atoms with Gasteiger partial charge < -0.3 is 15.7 Å². The van der Waals surface area contributed by atoms with Crippen molar-refractivity contribution in [1.29, 1.82) is 0 Å². The molecule has 0 spiro atoms. The molecule has 0 radical (unpaired) electrons. The van der Waals surface area contributed by atoms with E-state index in [-0.39, 0.29) is 5.95 Å². The molecule has 0 bridgehead atoms. The van der Waals surface area contributed by atoms with Gasteiger partial charge in [-0.05, 0) is 25.3 Å². The number of anilines is 3. The van der Waals surface area contributed by atoms with E-state index in [1.165, 1.54) is 11.3 Å². The van der Waals surface area contributed by atoms with Crippen LogP contribution >= 0.6 is 11.3 Å². The summed E-state index contributed by atoms with van der Waals surface area (Å²) in [5.41, 5.74) is 4.99. The van der Waals surface area contributed by atoms with Crippen LogP contribution in [0, 0.1) is 11.8 Å². The lowest BCUT2D eigenvalue weighted by Crippen LogP contribution is -2.28. The normalized spacial score (nSPS) is 15.7. The number of nitrogens with two attached hydrogens (primary N) is 1. The Hall–Kier alpha value is -2.96. The Balaban J connectivity index is 1.65. The summed E-state index contributed by atoms with van der Waals surface area (Å²) in [6, 6.07) is 3.71. The number of nitrogens with zero attached hydrogens (tertiary/aromatic N) is 6. The van der Waals surface area contributed by atoms with Gasteiger partial charge in [-0.3, -0.25) is 0 Å². The molecule has 0 aromatic carbocycles. The number of fused-ring (bicyclic) bond motifs is 1. The Labute approximate surface area is 154 Å². The van der Waals surface area contributed by atoms with Crippen molar-refractivity contribution in [2.45, 2.75) is 25.5 Å². The predicted octanol–water partition coefficient (Wildman–Crippen LogP) is 1.51. The zero-order chi connectivity index (χ0) is 18.1. The van der Waals surface area contributed by atoms with Crippen LogP contribution in [0.4, 0.5) is 17.6 Å². The minimum absolute atomic E-state index is 0.235. The number of hydrogen-bond donors (Lipinski definition) is 2. The number of nitrogen functional groups attached to an aromatic ring is 1. The Morgan fingerprint density at radius 1 is 1.31 bits per heavy atom. The molecule has 3 aromatic rings. The minimum atomic E-state index is -1.31. The fraction of sp³-hybridized carbons (Fsp3) is 0.294. The van der Waals surface area contributed by atoms with Crippen molar-refractivity contribution in [3.8, 4) is 11.8 Å². The lowest BCUT2D eigenvalue weighted by Gasteiger charge is -2.28. The minimum Gasteiger partial charge on any atom is -0.371 e. The zero-order valence-corrected chi connectivity index (χ0v) is 14.9. The fourth-order valence-corrected chi connectivity index (χ4v) is 3.44. The molecule has 3 N–H and O–H groups in total. The molecule has 26 heavy (non-hydrogen) atoms. The summed E-state index contributed by atoms with van der Waals surface area (Å²) >= 11 is 1.37. The number of aliphatic hydroxyl groups is 1. The van der Waals surface area contributed by atoms with Crippen LogP contribution in [0.3, 0.4) is 0 Å². The third-order valence-electron chi connectivity index (χ3n) is 4.01. The molecule has 0 saturated heterocycles. The average Bonchev–Trinajstić information content (AvgIpc) is 3.29. The lowest BCUT2D eigenvalue weighted by atomic mass is 10.1. The number of aromatic nitrogens is 5. The molecule has 1 unspecified atom stereocenters. The van der Waals surface area contributed by atoms with Crippen LogP contribution in [0.5, 0.6) is 0 Å². The first-order valence-corrected chi connectivity index (χ1v) is 9.00. The van der Waals surface area contributed by atoms with Crippen molar-refractivity contribution < 1.29 is 5.11 Å². The molecule has 0 aliphatic carbocycles. The molecule has 1 atom stereocenters. The molecular weight excluding hydrogens is 350 g/mol. The molecule has 0 saturated carbocycles. The van der Waals surface area contributed by atoms with E-state index >= 15 is 0 Å². The Bertz CT molecular complexity index is 984. The molecular formula is C17H17N7OS. The van der Waals surface area contributed by atoms with Gasteiger partial charge >= 0.3 is 0 Å². The second kappa shape index (κ2) is 6.40. The highest BCUT2D eigenvalue weighted by atomic mass is 32.1. The number of thiazole rings is 1. The van der Waals surface area contributed by atoms with Gasteiger partial charge in [0, 0.05) is 36.9 Å². The van der Waals surface area contributed by atoms with E-state index in [9.17, 15) is 5.11 Å². The highest BCUT2D eigenvalue weighted by molar-refractivity contribution is 7.09. The average molecular weight is 367 g/mol. The lowest BCUT2D eigenvalue weighted by molar-refractivity contribution is 0.122. The van der Waals surface area contributed by atoms with Gasteiger partial charge in [-0.1, -0.05) is 5.92 Å². The molecule has 4 heterocycles. The summed E-state index contributed by atoms with van der Waals surface area (Å²) in [6.07, 6.45) is 4.22. The molecule has 1 aliphatic rings. The van der Waals surface area contributed by atoms with E-state index in [2.05, 4.69) is 31.9 Å². The van der Waals surface area contributed by atoms with E-state index in [1.807, 2.05) is 27.1 Å². The zero-order valence-electron chi connectivity index (χ0n) is 14.1. The molecule has 9 heteroatoms. The van der Waals surface area contributed by atoms with Gasteiger partial charge in [0.25, 0.3) is 0 Å². The smallest absolute Gasteiger partial charge is 0.221 e. The third kappa shape index (κ3) is 3.12. The van der Waals surface area contributed by atoms with Crippen LogP contribution in [0.2, 0.25) is 0 Å². The van der Waals surface area contributed by atoms with E-state index < -0.39 is 5.60 Å². The van der Waals surface area contributed by atoms with Crippen LogP contribution in [0.15, 0.2) is 29.9 Å². The quantitative estimate of drug-likeness (QED) is 0.661. The third-order valence-corrected chi connectivity index (χ3v) is 4.99. The first-order chi connectivity index (χ1) is 12.5. The summed E-state index contributed by atoms with van der Waals surface area (Å²) in [5, 5.41) is 17.4. The molecule has 3 aromatic heterocycles. The molecule has 0 amide bonds. The Kier molecular flexibility index (Phi) is 4.06. The molecule has 132 valence electrons. The van der Waals surface area contributed by atoms with E-state index in [4.69, 9.17) is 5.73 Å². The van der Waals surface area contributed by atoms with Crippen molar-refractivity contribution >= 4 is 28.9 Å². The van der Waals surface area contributed by atoms with Gasteiger partial charge in [0.05, 0.1) is 0 Å². The van der Waals surface area contributed by atoms with Crippen molar-refractivity contribution in [3.63, 3.8) is 0 Å². The van der Waals surface area contributed by atoms with Crippen LogP contribution < -0.4 is 10.6 Å². The monoisotopic (exact) mass is 367 g/mol. The van der Waals surface area contributed by atoms with Gasteiger partial charge in [0.2, 0.25) is 5.95 Å². The predicted molar refractivity (Wildman–Crippen MR) is 98.9 cm³/mol. The maximum Gasteiger partial charge on any atom is 0.221 e. The topological polar surface area (TPSA) is 106 Å². The maximum absolute atomic E-state index is 10.5. The highest BCUT2D eigenvalue weighted by Gasteiger charge is 2.24. The van der Waals surface area contributed by atoms with Crippen LogP contribution in [0.1, 0.15) is 24.0 Å². The van der Waals surface area contributed by atoms with Crippen molar-refractivity contribution in [1.82, 2.24) is 24.7 Å². The summed E-state index contributed by atoms with van der Waals surface area (Å²) < 4.78 is 1.89. The number of aryl methyl sites for hydroxylation is 1. The largest absolute Gasteiger partial charge is 0.371 e. The molecule has 1 aliphatic heterocycles. The summed E-state index contributed by atoms with van der Waals surface area (Å²) in [7, 11) is 0. The van der Waals surface area contributed by atoms with Gasteiger partial charge in [-0.15, -0.1) is 11.3 Å². The molecule has 4 rings (SSSR count). The first-order valence-electron chi connectivity index (χ1n) is 8.12. The maximum atomic E-state index is 10.5. The van der Waals surface area contributed by atoms with Crippen molar-refractivity contribution in [2.75, 3.05) is 17.2 Å². The van der Waals surface area contributed by atoms with Gasteiger partial charge in [-0.25, -0.2) is 14.6 Å². The fourth-order valence-electron chi connectivity index (χ4n) is 2.79. The number of rotatable bonds is 2. The van der Waals surface area contributed by atoms with E-state index in [0.29, 0.717) is 10.7 Å². The van der Waals surface area contributed by atoms with E-state index in [0.717, 1.165) is 31.1 Å². The van der Waals surface area contributed by atoms with Gasteiger partial charge in [0.15, 0.2) is 5.60 Å². The van der Waals surface area contributed by atoms with Crippen LogP contribution in [0.25, 0.3) is 0 Å². The van der Waals surface area contributed by atoms with Crippen LogP contribution in [-0.2, 0) is 12.1 Å². The Morgan fingerprint density at radius 2 is 2.19 bits per heavy atom. The summed E-state index contributed by atoms with van der Waals surface area (Å²) in [6.45, 7) is 3.24. The highest BCUT2D eigenvalue weighted by Crippen LogP contribution is 2.28. The van der Waals surface area contributed by atoms with Crippen LogP contribution in [-0.4, -0.2) is 36.4 Å². The second-order valence-electron chi connectivity index (χ2n) is 6.05.